The second-order valence-corrected chi connectivity index (χ2v) is 14.0. The van der Waals surface area contributed by atoms with Gasteiger partial charge in [-0.25, -0.2) is 4.79 Å². The van der Waals surface area contributed by atoms with Crippen LogP contribution in [0.3, 0.4) is 0 Å². The highest BCUT2D eigenvalue weighted by Crippen LogP contribution is 2.75. The van der Waals surface area contributed by atoms with Crippen LogP contribution in [-0.4, -0.2) is 73.0 Å². The van der Waals surface area contributed by atoms with E-state index in [1.165, 1.54) is 20.1 Å². The van der Waals surface area contributed by atoms with Gasteiger partial charge in [0.2, 0.25) is 5.91 Å². The first-order chi connectivity index (χ1) is 20.4. The number of amides is 1. The Hall–Kier alpha value is -3.47. The van der Waals surface area contributed by atoms with Crippen molar-refractivity contribution in [2.45, 2.75) is 90.8 Å². The van der Waals surface area contributed by atoms with Crippen LogP contribution in [0, 0.1) is 34.5 Å². The quantitative estimate of drug-likeness (QED) is 0.197. The number of hydrogen-bond donors (Lipinski definition) is 1. The molecule has 0 aromatic heterocycles. The highest BCUT2D eigenvalue weighted by atomic mass is 16.6. The largest absolute Gasteiger partial charge is 0.469 e. The number of esters is 4. The number of allylic oxidation sites excluding steroid dienone is 1. The molecule has 2 saturated carbocycles. The summed E-state index contributed by atoms with van der Waals surface area (Å²) in [4.78, 5) is 64.3. The molecule has 3 aliphatic heterocycles. The lowest BCUT2D eigenvalue weighted by Gasteiger charge is -2.58. The summed E-state index contributed by atoms with van der Waals surface area (Å²) < 4.78 is 29.9. The van der Waals surface area contributed by atoms with Crippen molar-refractivity contribution in [1.82, 2.24) is 5.32 Å². The van der Waals surface area contributed by atoms with Gasteiger partial charge in [-0.3, -0.25) is 19.2 Å². The fourth-order valence-corrected chi connectivity index (χ4v) is 8.81. The number of ether oxygens (including phenoxy) is 5. The Bertz CT molecular complexity index is 1380. The average Bonchev–Trinajstić information content (AvgIpc) is 3.43. The molecule has 1 saturated heterocycles. The van der Waals surface area contributed by atoms with Gasteiger partial charge in [-0.05, 0) is 37.3 Å². The lowest BCUT2D eigenvalue weighted by Crippen LogP contribution is -2.67. The van der Waals surface area contributed by atoms with Crippen LogP contribution in [0.15, 0.2) is 36.0 Å². The molecule has 2 aliphatic carbocycles. The maximum Gasteiger partial charge on any atom is 0.330 e. The second-order valence-electron chi connectivity index (χ2n) is 14.0. The molecular formula is C33H43NO10. The van der Waals surface area contributed by atoms with Crippen LogP contribution in [0.25, 0.3) is 0 Å². The summed E-state index contributed by atoms with van der Waals surface area (Å²) in [6, 6.07) is 0. The van der Waals surface area contributed by atoms with E-state index in [9.17, 15) is 24.0 Å². The molecule has 1 N–H and O–H groups in total. The van der Waals surface area contributed by atoms with E-state index in [-0.39, 0.29) is 24.3 Å². The third kappa shape index (κ3) is 4.61. The van der Waals surface area contributed by atoms with Gasteiger partial charge in [0, 0.05) is 42.9 Å². The summed E-state index contributed by atoms with van der Waals surface area (Å²) in [5.41, 5.74) is -2.79. The van der Waals surface area contributed by atoms with E-state index < -0.39 is 75.9 Å². The normalized spacial score (nSPS) is 40.2. The van der Waals surface area contributed by atoms with E-state index in [1.807, 2.05) is 13.8 Å². The van der Waals surface area contributed by atoms with Crippen molar-refractivity contribution >= 4 is 29.8 Å². The Morgan fingerprint density at radius 2 is 1.82 bits per heavy atom. The molecule has 0 bridgehead atoms. The molecule has 0 aromatic carbocycles. The first-order valence-corrected chi connectivity index (χ1v) is 15.2. The Labute approximate surface area is 257 Å². The topological polar surface area (TPSA) is 147 Å². The van der Waals surface area contributed by atoms with E-state index in [4.69, 9.17) is 23.7 Å². The highest BCUT2D eigenvalue weighted by molar-refractivity contribution is 5.91. The Kier molecular flexibility index (Phi) is 7.67. The van der Waals surface area contributed by atoms with E-state index in [2.05, 4.69) is 11.9 Å². The molecule has 11 heteroatoms. The molecule has 5 rings (SSSR count). The van der Waals surface area contributed by atoms with Crippen LogP contribution >= 0.6 is 0 Å². The molecule has 0 aromatic rings. The smallest absolute Gasteiger partial charge is 0.330 e. The van der Waals surface area contributed by atoms with Gasteiger partial charge in [0.25, 0.3) is 0 Å². The zero-order valence-electron chi connectivity index (χ0n) is 26.7. The van der Waals surface area contributed by atoms with E-state index in [0.29, 0.717) is 18.5 Å². The van der Waals surface area contributed by atoms with Gasteiger partial charge in [-0.2, -0.15) is 0 Å². The summed E-state index contributed by atoms with van der Waals surface area (Å²) in [5, 5.41) is 2.84. The molecule has 1 spiro atoms. The fraction of sp³-hybridized carbons (Fsp3) is 0.667. The SMILES string of the molecule is C=C1C([C@@]2(C)C=CC(=O)OC(C)(C)[C@@H]2CC(=O)OC)[C@@H](OC(C)=O)[C@H](OC(=O)C(C)C)[C@@]2(C)[C@H](C3=CC(=O)NC3)C[C@H]3O[C@]132. The first-order valence-electron chi connectivity index (χ1n) is 15.2. The van der Waals surface area contributed by atoms with Gasteiger partial charge >= 0.3 is 23.9 Å². The Morgan fingerprint density at radius 1 is 1.14 bits per heavy atom. The van der Waals surface area contributed by atoms with Crippen LogP contribution in [0.1, 0.15) is 61.3 Å². The van der Waals surface area contributed by atoms with Crippen LogP contribution in [0.4, 0.5) is 0 Å². The minimum atomic E-state index is -1.17. The van der Waals surface area contributed by atoms with Gasteiger partial charge in [-0.15, -0.1) is 0 Å². The minimum Gasteiger partial charge on any atom is -0.469 e. The summed E-state index contributed by atoms with van der Waals surface area (Å²) >= 11 is 0. The molecule has 9 atom stereocenters. The van der Waals surface area contributed by atoms with E-state index >= 15 is 0 Å². The molecule has 3 fully saturated rings. The second kappa shape index (κ2) is 10.6. The Balaban J connectivity index is 1.75. The summed E-state index contributed by atoms with van der Waals surface area (Å²) in [5.74, 6) is -4.61. The monoisotopic (exact) mass is 613 g/mol. The molecule has 0 radical (unpaired) electrons. The molecule has 1 amide bonds. The van der Waals surface area contributed by atoms with E-state index in [1.54, 1.807) is 39.8 Å². The molecular weight excluding hydrogens is 570 g/mol. The summed E-state index contributed by atoms with van der Waals surface area (Å²) in [6.45, 7) is 17.0. The minimum absolute atomic E-state index is 0.123. The predicted octanol–water partition coefficient (Wildman–Crippen LogP) is 2.97. The van der Waals surface area contributed by atoms with Gasteiger partial charge in [-0.1, -0.05) is 40.3 Å². The van der Waals surface area contributed by atoms with Gasteiger partial charge < -0.3 is 29.0 Å². The highest BCUT2D eigenvalue weighted by Gasteiger charge is 2.84. The van der Waals surface area contributed by atoms with Crippen LogP contribution in [-0.2, 0) is 47.7 Å². The molecule has 240 valence electrons. The van der Waals surface area contributed by atoms with Crippen molar-refractivity contribution in [2.24, 2.45) is 34.5 Å². The lowest BCUT2D eigenvalue weighted by molar-refractivity contribution is -0.213. The van der Waals surface area contributed by atoms with Crippen molar-refractivity contribution in [3.05, 3.63) is 36.0 Å². The van der Waals surface area contributed by atoms with Crippen molar-refractivity contribution in [1.29, 1.82) is 0 Å². The lowest BCUT2D eigenvalue weighted by atomic mass is 9.48. The van der Waals surface area contributed by atoms with Crippen molar-refractivity contribution in [2.75, 3.05) is 13.7 Å². The summed E-state index contributed by atoms with van der Waals surface area (Å²) in [6.07, 6.45) is 2.59. The zero-order valence-corrected chi connectivity index (χ0v) is 26.7. The standard InChI is InChI=1S/C33H43NO10/c1-16(2)29(39)42-28-27(41-18(4)35)26(31(7)11-10-24(37)44-30(5,6)21(31)14-25(38)40-9)17(3)33-22(43-33)13-20(32(28,33)8)19-12-23(36)34-15-19/h10-12,16,20-22,26-28H,3,13-15H2,1-2,4-9H3,(H,34,36)/t20-,21-,22+,26?,27+,28-,31-,32+,33+/m0/s1. The number of epoxide rings is 1. The molecule has 3 heterocycles. The predicted molar refractivity (Wildman–Crippen MR) is 155 cm³/mol. The third-order valence-electron chi connectivity index (χ3n) is 10.8. The molecule has 1 unspecified atom stereocenters. The number of carbonyl (C=O) groups excluding carboxylic acids is 5. The number of rotatable bonds is 7. The summed E-state index contributed by atoms with van der Waals surface area (Å²) in [7, 11) is 1.29. The van der Waals surface area contributed by atoms with Crippen molar-refractivity contribution in [3.63, 3.8) is 0 Å². The van der Waals surface area contributed by atoms with Gasteiger partial charge in [0.05, 0.1) is 31.0 Å². The number of nitrogens with one attached hydrogen (secondary N) is 1. The van der Waals surface area contributed by atoms with Gasteiger partial charge in [0.15, 0.2) is 0 Å². The van der Waals surface area contributed by atoms with Crippen molar-refractivity contribution in [3.8, 4) is 0 Å². The number of hydrogen-bond acceptors (Lipinski definition) is 10. The maximum atomic E-state index is 13.4. The number of methoxy groups -OCH3 is 1. The van der Waals surface area contributed by atoms with E-state index in [0.717, 1.165) is 5.57 Å². The molecule has 5 aliphatic rings. The third-order valence-corrected chi connectivity index (χ3v) is 10.8. The van der Waals surface area contributed by atoms with Crippen LogP contribution < -0.4 is 5.32 Å². The van der Waals surface area contributed by atoms with Crippen LogP contribution in [0.5, 0.6) is 0 Å². The molecule has 11 nitrogen and oxygen atoms in total. The fourth-order valence-electron chi connectivity index (χ4n) is 8.81. The van der Waals surface area contributed by atoms with Crippen molar-refractivity contribution < 1.29 is 47.7 Å². The molecule has 44 heavy (non-hydrogen) atoms. The maximum absolute atomic E-state index is 13.4. The zero-order chi connectivity index (χ0) is 32.6. The number of carbonyl (C=O) groups is 5. The Morgan fingerprint density at radius 3 is 2.39 bits per heavy atom. The number of cyclic esters (lactones) is 1. The van der Waals surface area contributed by atoms with Crippen LogP contribution in [0.2, 0.25) is 0 Å². The average molecular weight is 614 g/mol. The van der Waals surface area contributed by atoms with Gasteiger partial charge in [0.1, 0.15) is 23.4 Å². The first kappa shape index (κ1) is 31.9.